The highest BCUT2D eigenvalue weighted by molar-refractivity contribution is 6.03. The lowest BCUT2D eigenvalue weighted by Crippen LogP contribution is -2.66. The molecule has 5 rings (SSSR count). The summed E-state index contributed by atoms with van der Waals surface area (Å²) >= 11 is 0. The van der Waals surface area contributed by atoms with Crippen molar-refractivity contribution in [2.75, 3.05) is 7.11 Å². The van der Waals surface area contributed by atoms with Gasteiger partial charge in [0.1, 0.15) is 0 Å². The second kappa shape index (κ2) is 8.09. The number of alkyl halides is 3. The Balaban J connectivity index is 1.68. The third-order valence-electron chi connectivity index (χ3n) is 12.9. The molecule has 4 nitrogen and oxygen atoms in total. The van der Waals surface area contributed by atoms with Gasteiger partial charge in [-0.1, -0.05) is 53.2 Å². The van der Waals surface area contributed by atoms with Crippen LogP contribution in [0.15, 0.2) is 23.3 Å². The van der Waals surface area contributed by atoms with Gasteiger partial charge in [-0.25, -0.2) is 0 Å². The molecule has 7 heteroatoms. The summed E-state index contributed by atoms with van der Waals surface area (Å²) in [4.78, 5) is 40.2. The highest BCUT2D eigenvalue weighted by atomic mass is 19.4. The Hall–Kier alpha value is -1.92. The Kier molecular flexibility index (Phi) is 5.93. The largest absolute Gasteiger partial charge is 0.469 e. The van der Waals surface area contributed by atoms with Crippen molar-refractivity contribution in [1.82, 2.24) is 0 Å². The van der Waals surface area contributed by atoms with Crippen LogP contribution in [0.2, 0.25) is 0 Å². The zero-order valence-corrected chi connectivity index (χ0v) is 24.6. The Bertz CT molecular complexity index is 1210. The molecule has 0 radical (unpaired) electrons. The number of allylic oxidation sites excluding steroid dienone is 4. The van der Waals surface area contributed by atoms with E-state index in [0.29, 0.717) is 19.3 Å². The topological polar surface area (TPSA) is 60.4 Å². The standard InChI is InChI=1S/C32H43F3O4/c1-26(2)22-9-10-31(7)23(29(22,5)17-20(24(26)37)32(33,34)35)21(36)15-18-19-16-28(4,25(38)39-8)12-11-27(19,3)13-14-30(18,31)6/h15,17,19,22-23H,9-14,16H2,1-8H3/t19-,22-,23+,27+,28-,29?,30+,31?/m0/s1. The van der Waals surface area contributed by atoms with Gasteiger partial charge in [0.25, 0.3) is 0 Å². The van der Waals surface area contributed by atoms with E-state index in [1.54, 1.807) is 26.8 Å². The first-order chi connectivity index (χ1) is 17.7. The Morgan fingerprint density at radius 3 is 2.15 bits per heavy atom. The van der Waals surface area contributed by atoms with Gasteiger partial charge < -0.3 is 4.74 Å². The summed E-state index contributed by atoms with van der Waals surface area (Å²) in [5.41, 5.74) is -4.04. The average Bonchev–Trinajstić information content (AvgIpc) is 2.82. The lowest BCUT2D eigenvalue weighted by atomic mass is 9.34. The summed E-state index contributed by atoms with van der Waals surface area (Å²) in [7, 11) is 1.42. The molecular weight excluding hydrogens is 505 g/mol. The number of halogens is 3. The van der Waals surface area contributed by atoms with Crippen molar-refractivity contribution in [2.24, 2.45) is 50.2 Å². The quantitative estimate of drug-likeness (QED) is 0.320. The molecule has 216 valence electrons. The number of ether oxygens (including phenoxy) is 1. The molecule has 0 aliphatic heterocycles. The molecule has 5 aliphatic rings. The van der Waals surface area contributed by atoms with E-state index in [0.717, 1.165) is 37.3 Å². The van der Waals surface area contributed by atoms with Crippen LogP contribution < -0.4 is 0 Å². The van der Waals surface area contributed by atoms with Crippen LogP contribution in [0.5, 0.6) is 0 Å². The van der Waals surface area contributed by atoms with Crippen LogP contribution in [0.3, 0.4) is 0 Å². The highest BCUT2D eigenvalue weighted by Gasteiger charge is 2.71. The van der Waals surface area contributed by atoms with Crippen molar-refractivity contribution < 1.29 is 32.3 Å². The molecule has 39 heavy (non-hydrogen) atoms. The van der Waals surface area contributed by atoms with Crippen LogP contribution in [0.4, 0.5) is 13.2 Å². The normalized spacial score (nSPS) is 47.1. The average molecular weight is 549 g/mol. The molecule has 0 amide bonds. The Morgan fingerprint density at radius 2 is 1.56 bits per heavy atom. The van der Waals surface area contributed by atoms with Crippen molar-refractivity contribution in [3.05, 3.63) is 23.3 Å². The molecule has 0 aromatic heterocycles. The maximum absolute atomic E-state index is 14.3. The van der Waals surface area contributed by atoms with Gasteiger partial charge in [-0.2, -0.15) is 13.2 Å². The maximum Gasteiger partial charge on any atom is 0.419 e. The van der Waals surface area contributed by atoms with E-state index in [1.807, 2.05) is 6.92 Å². The number of rotatable bonds is 1. The van der Waals surface area contributed by atoms with E-state index in [4.69, 9.17) is 4.74 Å². The summed E-state index contributed by atoms with van der Waals surface area (Å²) in [5, 5.41) is 0. The van der Waals surface area contributed by atoms with Crippen molar-refractivity contribution in [2.45, 2.75) is 99.6 Å². The number of Topliss-reactive ketones (excluding diaryl/α,β-unsaturated/α-hetero) is 1. The number of methoxy groups -OCH3 is 1. The van der Waals surface area contributed by atoms with Crippen LogP contribution in [-0.4, -0.2) is 30.8 Å². The van der Waals surface area contributed by atoms with Crippen LogP contribution >= 0.6 is 0 Å². The number of ketones is 2. The lowest BCUT2D eigenvalue weighted by Gasteiger charge is -2.69. The summed E-state index contributed by atoms with van der Waals surface area (Å²) in [6, 6.07) is 0. The highest BCUT2D eigenvalue weighted by Crippen LogP contribution is 2.74. The number of hydrogen-bond donors (Lipinski definition) is 0. The lowest BCUT2D eigenvalue weighted by molar-refractivity contribution is -0.177. The Labute approximate surface area is 230 Å². The third kappa shape index (κ3) is 3.52. The zero-order valence-electron chi connectivity index (χ0n) is 24.6. The van der Waals surface area contributed by atoms with E-state index >= 15 is 0 Å². The molecular formula is C32H43F3O4. The van der Waals surface area contributed by atoms with Crippen LogP contribution in [-0.2, 0) is 19.1 Å². The minimum Gasteiger partial charge on any atom is -0.469 e. The molecule has 0 spiro atoms. The molecule has 0 aromatic carbocycles. The first-order valence-electron chi connectivity index (χ1n) is 14.4. The number of carbonyl (C=O) groups is 3. The van der Waals surface area contributed by atoms with Crippen molar-refractivity contribution in [1.29, 1.82) is 0 Å². The monoisotopic (exact) mass is 548 g/mol. The van der Waals surface area contributed by atoms with Gasteiger partial charge in [-0.15, -0.1) is 0 Å². The van der Waals surface area contributed by atoms with E-state index in [-0.39, 0.29) is 29.0 Å². The van der Waals surface area contributed by atoms with Gasteiger partial charge in [0.15, 0.2) is 11.6 Å². The second-order valence-electron chi connectivity index (χ2n) is 15.2. The summed E-state index contributed by atoms with van der Waals surface area (Å²) in [5.74, 6) is -2.24. The van der Waals surface area contributed by atoms with E-state index in [9.17, 15) is 27.6 Å². The summed E-state index contributed by atoms with van der Waals surface area (Å²) < 4.78 is 47.8. The maximum atomic E-state index is 14.3. The van der Waals surface area contributed by atoms with Crippen molar-refractivity contribution in [3.63, 3.8) is 0 Å². The zero-order chi connectivity index (χ0) is 29.2. The SMILES string of the molecule is COC(=O)[C@@]1(C)CC[C@]2(C)CC[C@]3(C)C(=CC(=O)[C@@H]4C5(C)C=C(C(F)(F)F)C(=O)C(C)(C)[C@@H]5CCC43C)[C@@H]2C1. The van der Waals surface area contributed by atoms with Gasteiger partial charge in [0, 0.05) is 16.7 Å². The van der Waals surface area contributed by atoms with Gasteiger partial charge in [-0.05, 0) is 86.0 Å². The third-order valence-corrected chi connectivity index (χ3v) is 12.9. The van der Waals surface area contributed by atoms with Crippen molar-refractivity contribution in [3.8, 4) is 0 Å². The molecule has 2 unspecified atom stereocenters. The minimum atomic E-state index is -4.77. The number of esters is 1. The second-order valence-corrected chi connectivity index (χ2v) is 15.2. The molecule has 0 N–H and O–H groups in total. The van der Waals surface area contributed by atoms with E-state index in [1.165, 1.54) is 7.11 Å². The fourth-order valence-corrected chi connectivity index (χ4v) is 10.3. The first-order valence-corrected chi connectivity index (χ1v) is 14.4. The van der Waals surface area contributed by atoms with Gasteiger partial charge in [0.05, 0.1) is 18.1 Å². The van der Waals surface area contributed by atoms with Crippen LogP contribution in [0.1, 0.15) is 93.4 Å². The van der Waals surface area contributed by atoms with Crippen LogP contribution in [0, 0.1) is 50.2 Å². The molecule has 0 bridgehead atoms. The molecule has 3 fully saturated rings. The minimum absolute atomic E-state index is 0.0204. The van der Waals surface area contributed by atoms with Crippen LogP contribution in [0.25, 0.3) is 0 Å². The van der Waals surface area contributed by atoms with Gasteiger partial charge >= 0.3 is 12.1 Å². The molecule has 0 aromatic rings. The molecule has 8 atom stereocenters. The van der Waals surface area contributed by atoms with E-state index < -0.39 is 50.5 Å². The fourth-order valence-electron chi connectivity index (χ4n) is 10.3. The molecule has 0 saturated heterocycles. The number of hydrogen-bond acceptors (Lipinski definition) is 4. The predicted molar refractivity (Wildman–Crippen MR) is 141 cm³/mol. The molecule has 3 saturated carbocycles. The number of fused-ring (bicyclic) bond motifs is 7. The number of carbonyl (C=O) groups excluding carboxylic acids is 3. The molecule has 5 aliphatic carbocycles. The fraction of sp³-hybridized carbons (Fsp3) is 0.781. The van der Waals surface area contributed by atoms with Crippen molar-refractivity contribution >= 4 is 17.5 Å². The van der Waals surface area contributed by atoms with Gasteiger partial charge in [-0.3, -0.25) is 14.4 Å². The smallest absolute Gasteiger partial charge is 0.419 e. The predicted octanol–water partition coefficient (Wildman–Crippen LogP) is 7.42. The Morgan fingerprint density at radius 1 is 0.949 bits per heavy atom. The molecule has 0 heterocycles. The van der Waals surface area contributed by atoms with E-state index in [2.05, 4.69) is 20.8 Å². The summed E-state index contributed by atoms with van der Waals surface area (Å²) in [6.45, 7) is 13.6. The first kappa shape index (κ1) is 28.6. The summed E-state index contributed by atoms with van der Waals surface area (Å²) in [6.07, 6.45) is 3.36. The van der Waals surface area contributed by atoms with Gasteiger partial charge in [0.2, 0.25) is 0 Å².